The average Bonchev–Trinajstić information content (AvgIpc) is 2.54. The van der Waals surface area contributed by atoms with Crippen molar-refractivity contribution in [3.8, 4) is 0 Å². The second kappa shape index (κ2) is 6.48. The van der Waals surface area contributed by atoms with E-state index in [0.29, 0.717) is 13.0 Å². The number of amides is 4. The Morgan fingerprint density at radius 2 is 2.24 bits per heavy atom. The van der Waals surface area contributed by atoms with E-state index in [0.717, 1.165) is 10.7 Å². The van der Waals surface area contributed by atoms with Gasteiger partial charge in [0, 0.05) is 6.54 Å². The molecule has 1 heterocycles. The molecule has 0 unspecified atom stereocenters. The lowest BCUT2D eigenvalue weighted by Gasteiger charge is -2.12. The van der Waals surface area contributed by atoms with E-state index < -0.39 is 12.1 Å². The van der Waals surface area contributed by atoms with Crippen LogP contribution in [-0.2, 0) is 9.59 Å². The van der Waals surface area contributed by atoms with Gasteiger partial charge in [-0.2, -0.15) is 11.8 Å². The first kappa shape index (κ1) is 13.8. The van der Waals surface area contributed by atoms with Crippen molar-refractivity contribution in [3.63, 3.8) is 0 Å². The van der Waals surface area contributed by atoms with E-state index in [9.17, 15) is 14.4 Å². The zero-order valence-corrected chi connectivity index (χ0v) is 10.8. The third-order valence-corrected chi connectivity index (χ3v) is 3.04. The van der Waals surface area contributed by atoms with E-state index in [1.165, 1.54) is 0 Å². The zero-order valence-electron chi connectivity index (χ0n) is 9.99. The second-order valence-electron chi connectivity index (χ2n) is 3.66. The van der Waals surface area contributed by atoms with Crippen LogP contribution in [0.2, 0.25) is 0 Å². The molecule has 0 aromatic carbocycles. The molecule has 1 saturated heterocycles. The largest absolute Gasteiger partial charge is 0.355 e. The van der Waals surface area contributed by atoms with Gasteiger partial charge in [0.25, 0.3) is 5.91 Å². The number of carbonyl (C=O) groups is 3. The molecular formula is C10H17N3O3S. The lowest BCUT2D eigenvalue weighted by atomic mass is 10.2. The number of thioether (sulfide) groups is 1. The first-order valence-corrected chi connectivity index (χ1v) is 6.87. The molecule has 1 aliphatic rings. The molecule has 6 nitrogen and oxygen atoms in total. The molecule has 4 amide bonds. The smallest absolute Gasteiger partial charge is 0.325 e. The van der Waals surface area contributed by atoms with Crippen molar-refractivity contribution >= 4 is 29.6 Å². The quantitative estimate of drug-likeness (QED) is 0.647. The average molecular weight is 259 g/mol. The van der Waals surface area contributed by atoms with Crippen LogP contribution in [0.25, 0.3) is 0 Å². The van der Waals surface area contributed by atoms with E-state index in [2.05, 4.69) is 10.6 Å². The van der Waals surface area contributed by atoms with E-state index in [-0.39, 0.29) is 18.4 Å². The maximum absolute atomic E-state index is 11.8. The molecule has 1 rings (SSSR count). The predicted octanol–water partition coefficient (Wildman–Crippen LogP) is -0.204. The summed E-state index contributed by atoms with van der Waals surface area (Å²) in [5.74, 6) is 0.169. The number of imide groups is 1. The SMILES string of the molecule is CCNC(=O)CN1C(=O)N[C@H](CCSC)C1=O. The molecule has 1 atom stereocenters. The van der Waals surface area contributed by atoms with Crippen LogP contribution in [0.1, 0.15) is 13.3 Å². The van der Waals surface area contributed by atoms with Crippen molar-refractivity contribution in [2.75, 3.05) is 25.1 Å². The Kier molecular flexibility index (Phi) is 5.27. The molecule has 0 aromatic heterocycles. The van der Waals surface area contributed by atoms with Gasteiger partial charge in [-0.1, -0.05) is 0 Å². The third kappa shape index (κ3) is 3.62. The monoisotopic (exact) mass is 259 g/mol. The summed E-state index contributed by atoms with van der Waals surface area (Å²) >= 11 is 1.61. The number of likely N-dealkylation sites (N-methyl/N-ethyl adjacent to an activating group) is 1. The summed E-state index contributed by atoms with van der Waals surface area (Å²) in [5, 5.41) is 5.13. The fraction of sp³-hybridized carbons (Fsp3) is 0.700. The van der Waals surface area contributed by atoms with Crippen LogP contribution in [0.3, 0.4) is 0 Å². The summed E-state index contributed by atoms with van der Waals surface area (Å²) < 4.78 is 0. The first-order chi connectivity index (χ1) is 8.10. The Morgan fingerprint density at radius 3 is 2.82 bits per heavy atom. The Hall–Kier alpha value is -1.24. The standard InChI is InChI=1S/C10H17N3O3S/c1-3-11-8(14)6-13-9(15)7(4-5-17-2)12-10(13)16/h7H,3-6H2,1-2H3,(H,11,14)(H,12,16)/t7-/m1/s1. The number of hydrogen-bond donors (Lipinski definition) is 2. The van der Waals surface area contributed by atoms with Gasteiger partial charge in [0.05, 0.1) is 0 Å². The van der Waals surface area contributed by atoms with Gasteiger partial charge in [0.2, 0.25) is 5.91 Å². The lowest BCUT2D eigenvalue weighted by molar-refractivity contribution is -0.132. The van der Waals surface area contributed by atoms with Crippen LogP contribution in [0.4, 0.5) is 4.79 Å². The Balaban J connectivity index is 2.53. The van der Waals surface area contributed by atoms with Crippen molar-refractivity contribution in [1.29, 1.82) is 0 Å². The highest BCUT2D eigenvalue weighted by Crippen LogP contribution is 2.11. The van der Waals surface area contributed by atoms with Crippen molar-refractivity contribution in [2.45, 2.75) is 19.4 Å². The predicted molar refractivity (Wildman–Crippen MR) is 65.7 cm³/mol. The number of nitrogens with one attached hydrogen (secondary N) is 2. The molecule has 1 fully saturated rings. The lowest BCUT2D eigenvalue weighted by Crippen LogP contribution is -2.41. The van der Waals surface area contributed by atoms with Gasteiger partial charge in [0.15, 0.2) is 0 Å². The summed E-state index contributed by atoms with van der Waals surface area (Å²) in [6.07, 6.45) is 2.53. The minimum atomic E-state index is -0.482. The number of urea groups is 1. The summed E-state index contributed by atoms with van der Waals surface area (Å²) in [7, 11) is 0. The Labute approximate surface area is 104 Å². The summed E-state index contributed by atoms with van der Waals surface area (Å²) in [6, 6.07) is -0.961. The highest BCUT2D eigenvalue weighted by Gasteiger charge is 2.38. The Morgan fingerprint density at radius 1 is 1.53 bits per heavy atom. The molecule has 1 aliphatic heterocycles. The van der Waals surface area contributed by atoms with Crippen LogP contribution < -0.4 is 10.6 Å². The van der Waals surface area contributed by atoms with Crippen LogP contribution in [0.15, 0.2) is 0 Å². The molecular weight excluding hydrogens is 242 g/mol. The van der Waals surface area contributed by atoms with Gasteiger partial charge in [-0.15, -0.1) is 0 Å². The normalized spacial score (nSPS) is 19.4. The fourth-order valence-electron chi connectivity index (χ4n) is 1.55. The number of carbonyl (C=O) groups excluding carboxylic acids is 3. The molecule has 0 aromatic rings. The van der Waals surface area contributed by atoms with E-state index in [4.69, 9.17) is 0 Å². The van der Waals surface area contributed by atoms with E-state index >= 15 is 0 Å². The van der Waals surface area contributed by atoms with Crippen molar-refractivity contribution in [2.24, 2.45) is 0 Å². The molecule has 17 heavy (non-hydrogen) atoms. The molecule has 2 N–H and O–H groups in total. The van der Waals surface area contributed by atoms with Crippen LogP contribution >= 0.6 is 11.8 Å². The molecule has 0 radical (unpaired) electrons. The molecule has 0 spiro atoms. The highest BCUT2D eigenvalue weighted by atomic mass is 32.2. The van der Waals surface area contributed by atoms with Crippen molar-refractivity contribution in [1.82, 2.24) is 15.5 Å². The topological polar surface area (TPSA) is 78.5 Å². The van der Waals surface area contributed by atoms with Crippen LogP contribution in [0.5, 0.6) is 0 Å². The fourth-order valence-corrected chi connectivity index (χ4v) is 2.03. The molecule has 0 bridgehead atoms. The minimum absolute atomic E-state index is 0.200. The number of nitrogens with zero attached hydrogens (tertiary/aromatic N) is 1. The zero-order chi connectivity index (χ0) is 12.8. The molecule has 0 aliphatic carbocycles. The van der Waals surface area contributed by atoms with E-state index in [1.807, 2.05) is 6.26 Å². The molecule has 0 saturated carbocycles. The maximum Gasteiger partial charge on any atom is 0.325 e. The summed E-state index contributed by atoms with van der Waals surface area (Å²) in [5.41, 5.74) is 0. The number of rotatable bonds is 6. The third-order valence-electron chi connectivity index (χ3n) is 2.39. The summed E-state index contributed by atoms with van der Waals surface area (Å²) in [6.45, 7) is 2.07. The summed E-state index contributed by atoms with van der Waals surface area (Å²) in [4.78, 5) is 35.6. The first-order valence-electron chi connectivity index (χ1n) is 5.47. The molecule has 7 heteroatoms. The molecule has 96 valence electrons. The van der Waals surface area contributed by atoms with Gasteiger partial charge in [-0.05, 0) is 25.4 Å². The second-order valence-corrected chi connectivity index (χ2v) is 4.65. The Bertz CT molecular complexity index is 322. The minimum Gasteiger partial charge on any atom is -0.355 e. The van der Waals surface area contributed by atoms with Crippen molar-refractivity contribution < 1.29 is 14.4 Å². The van der Waals surface area contributed by atoms with Gasteiger partial charge in [-0.3, -0.25) is 14.5 Å². The van der Waals surface area contributed by atoms with Gasteiger partial charge < -0.3 is 10.6 Å². The highest BCUT2D eigenvalue weighted by molar-refractivity contribution is 7.98. The van der Waals surface area contributed by atoms with Gasteiger partial charge in [-0.25, -0.2) is 4.79 Å². The van der Waals surface area contributed by atoms with Gasteiger partial charge >= 0.3 is 6.03 Å². The van der Waals surface area contributed by atoms with Gasteiger partial charge in [0.1, 0.15) is 12.6 Å². The maximum atomic E-state index is 11.8. The number of hydrogen-bond acceptors (Lipinski definition) is 4. The van der Waals surface area contributed by atoms with Crippen LogP contribution in [0, 0.1) is 0 Å². The van der Waals surface area contributed by atoms with Crippen LogP contribution in [-0.4, -0.2) is 53.9 Å². The van der Waals surface area contributed by atoms with E-state index in [1.54, 1.807) is 18.7 Å². The van der Waals surface area contributed by atoms with Crippen molar-refractivity contribution in [3.05, 3.63) is 0 Å².